The second kappa shape index (κ2) is 4.70. The molecule has 0 aliphatic heterocycles. The molecule has 0 rings (SSSR count). The van der Waals surface area contributed by atoms with E-state index in [1.54, 1.807) is 0 Å². The zero-order valence-electron chi connectivity index (χ0n) is 7.76. The summed E-state index contributed by atoms with van der Waals surface area (Å²) in [5, 5.41) is 0. The van der Waals surface area contributed by atoms with E-state index in [4.69, 9.17) is 5.73 Å². The van der Waals surface area contributed by atoms with E-state index in [1.165, 1.54) is 0 Å². The summed E-state index contributed by atoms with van der Waals surface area (Å²) in [5.41, 5.74) is 4.99. The minimum atomic E-state index is -0.705. The number of halogens is 1. The third kappa shape index (κ3) is 5.41. The molecule has 0 aliphatic rings. The first-order chi connectivity index (χ1) is 5.34. The highest BCUT2D eigenvalue weighted by atomic mass is 79.9. The maximum absolute atomic E-state index is 10.2. The number of amides is 1. The normalized spacial score (nSPS) is 14.0. The molecule has 0 radical (unpaired) electrons. The third-order valence-corrected chi connectivity index (χ3v) is 3.39. The van der Waals surface area contributed by atoms with E-state index in [0.717, 1.165) is 6.42 Å². The Kier molecular flexibility index (Phi) is 4.60. The van der Waals surface area contributed by atoms with Crippen molar-refractivity contribution in [2.24, 2.45) is 11.1 Å². The number of carbonyl (C=O) groups excluding carboxylic acids is 1. The summed E-state index contributed by atoms with van der Waals surface area (Å²) < 4.78 is 4.62. The van der Waals surface area contributed by atoms with Crippen LogP contribution in [0.25, 0.3) is 0 Å². The molecule has 12 heavy (non-hydrogen) atoms. The number of primary amides is 1. The summed E-state index contributed by atoms with van der Waals surface area (Å²) in [6, 6.07) is 0. The molecule has 1 amide bonds. The van der Waals surface area contributed by atoms with Crippen molar-refractivity contribution in [1.82, 2.24) is 0 Å². The van der Waals surface area contributed by atoms with Gasteiger partial charge in [0.05, 0.1) is 6.61 Å². The van der Waals surface area contributed by atoms with Crippen LogP contribution in [0.5, 0.6) is 0 Å². The molecule has 4 heteroatoms. The quantitative estimate of drug-likeness (QED) is 0.767. The zero-order chi connectivity index (χ0) is 9.78. The number of ether oxygens (including phenoxy) is 1. The van der Waals surface area contributed by atoms with E-state index in [0.29, 0.717) is 11.4 Å². The van der Waals surface area contributed by atoms with Crippen LogP contribution in [-0.2, 0) is 4.74 Å². The van der Waals surface area contributed by atoms with E-state index < -0.39 is 6.09 Å². The van der Waals surface area contributed by atoms with E-state index in [2.05, 4.69) is 41.4 Å². The van der Waals surface area contributed by atoms with Crippen LogP contribution in [0.2, 0.25) is 0 Å². The van der Waals surface area contributed by atoms with Gasteiger partial charge in [0.15, 0.2) is 0 Å². The standard InChI is InChI=1S/C8H16BrNO2/c1-8(2,3)6(9)4-5-12-7(10)11/h6H,4-5H2,1-3H3,(H2,10,11). The summed E-state index contributed by atoms with van der Waals surface area (Å²) in [7, 11) is 0. The van der Waals surface area contributed by atoms with Crippen molar-refractivity contribution in [3.63, 3.8) is 0 Å². The zero-order valence-corrected chi connectivity index (χ0v) is 9.35. The van der Waals surface area contributed by atoms with Crippen LogP contribution in [0.4, 0.5) is 4.79 Å². The van der Waals surface area contributed by atoms with Gasteiger partial charge in [-0.05, 0) is 11.8 Å². The smallest absolute Gasteiger partial charge is 0.404 e. The third-order valence-electron chi connectivity index (χ3n) is 1.56. The van der Waals surface area contributed by atoms with Crippen molar-refractivity contribution in [2.75, 3.05) is 6.61 Å². The minimum Gasteiger partial charge on any atom is -0.450 e. The highest BCUT2D eigenvalue weighted by Gasteiger charge is 2.21. The van der Waals surface area contributed by atoms with Crippen molar-refractivity contribution in [3.05, 3.63) is 0 Å². The number of hydrogen-bond acceptors (Lipinski definition) is 2. The summed E-state index contributed by atoms with van der Waals surface area (Å²) >= 11 is 3.52. The molecule has 0 aromatic rings. The minimum absolute atomic E-state index is 0.182. The van der Waals surface area contributed by atoms with Gasteiger partial charge in [0, 0.05) is 4.83 Å². The Morgan fingerprint density at radius 2 is 2.08 bits per heavy atom. The van der Waals surface area contributed by atoms with Crippen LogP contribution in [0.1, 0.15) is 27.2 Å². The average Bonchev–Trinajstić information content (AvgIpc) is 1.84. The largest absolute Gasteiger partial charge is 0.450 e. The maximum Gasteiger partial charge on any atom is 0.404 e. The molecular formula is C8H16BrNO2. The van der Waals surface area contributed by atoms with Crippen LogP contribution >= 0.6 is 15.9 Å². The molecule has 1 atom stereocenters. The SMILES string of the molecule is CC(C)(C)C(Br)CCOC(N)=O. The van der Waals surface area contributed by atoms with Crippen molar-refractivity contribution in [3.8, 4) is 0 Å². The molecule has 0 spiro atoms. The van der Waals surface area contributed by atoms with E-state index in [-0.39, 0.29) is 5.41 Å². The van der Waals surface area contributed by atoms with Gasteiger partial charge in [-0.15, -0.1) is 0 Å². The molecule has 0 bridgehead atoms. The highest BCUT2D eigenvalue weighted by Crippen LogP contribution is 2.28. The van der Waals surface area contributed by atoms with Crippen LogP contribution in [-0.4, -0.2) is 17.5 Å². The Balaban J connectivity index is 3.58. The fourth-order valence-electron chi connectivity index (χ4n) is 0.696. The van der Waals surface area contributed by atoms with Crippen molar-refractivity contribution >= 4 is 22.0 Å². The summed E-state index contributed by atoms with van der Waals surface area (Å²) in [5.74, 6) is 0. The van der Waals surface area contributed by atoms with Gasteiger partial charge >= 0.3 is 6.09 Å². The molecule has 2 N–H and O–H groups in total. The molecule has 0 saturated heterocycles. The fourth-order valence-corrected chi connectivity index (χ4v) is 0.883. The van der Waals surface area contributed by atoms with Crippen molar-refractivity contribution in [2.45, 2.75) is 32.0 Å². The van der Waals surface area contributed by atoms with E-state index in [9.17, 15) is 4.79 Å². The molecule has 1 unspecified atom stereocenters. The molecular weight excluding hydrogens is 222 g/mol. The van der Waals surface area contributed by atoms with Crippen LogP contribution in [0.3, 0.4) is 0 Å². The van der Waals surface area contributed by atoms with Crippen LogP contribution in [0.15, 0.2) is 0 Å². The summed E-state index contributed by atoms with van der Waals surface area (Å²) in [6.07, 6.45) is 0.0792. The van der Waals surface area contributed by atoms with Gasteiger partial charge < -0.3 is 10.5 Å². The number of carbonyl (C=O) groups is 1. The van der Waals surface area contributed by atoms with Crippen molar-refractivity contribution in [1.29, 1.82) is 0 Å². The Bertz CT molecular complexity index is 154. The highest BCUT2D eigenvalue weighted by molar-refractivity contribution is 9.09. The van der Waals surface area contributed by atoms with E-state index >= 15 is 0 Å². The number of hydrogen-bond donors (Lipinski definition) is 1. The van der Waals surface area contributed by atoms with Gasteiger partial charge in [0.1, 0.15) is 0 Å². The average molecular weight is 238 g/mol. The number of nitrogens with two attached hydrogens (primary N) is 1. The lowest BCUT2D eigenvalue weighted by Gasteiger charge is -2.24. The number of rotatable bonds is 3. The lowest BCUT2D eigenvalue weighted by Crippen LogP contribution is -2.23. The molecule has 0 saturated carbocycles. The Labute approximate surface area is 81.8 Å². The Hall–Kier alpha value is -0.250. The first kappa shape index (κ1) is 11.8. The summed E-state index contributed by atoms with van der Waals surface area (Å²) in [4.78, 5) is 10.6. The molecule has 0 fully saturated rings. The summed E-state index contributed by atoms with van der Waals surface area (Å²) in [6.45, 7) is 6.74. The van der Waals surface area contributed by atoms with Gasteiger partial charge in [0.2, 0.25) is 0 Å². The first-order valence-electron chi connectivity index (χ1n) is 3.90. The van der Waals surface area contributed by atoms with Gasteiger partial charge in [-0.2, -0.15) is 0 Å². The molecule has 0 aromatic carbocycles. The topological polar surface area (TPSA) is 52.3 Å². The second-order valence-electron chi connectivity index (χ2n) is 3.79. The lowest BCUT2D eigenvalue weighted by molar-refractivity contribution is 0.151. The monoisotopic (exact) mass is 237 g/mol. The Morgan fingerprint density at radius 1 is 1.58 bits per heavy atom. The molecule has 0 aliphatic carbocycles. The lowest BCUT2D eigenvalue weighted by atomic mass is 9.91. The van der Waals surface area contributed by atoms with Crippen LogP contribution < -0.4 is 5.73 Å². The van der Waals surface area contributed by atoms with E-state index in [1.807, 2.05) is 0 Å². The molecule has 0 heterocycles. The van der Waals surface area contributed by atoms with Gasteiger partial charge in [-0.1, -0.05) is 36.7 Å². The first-order valence-corrected chi connectivity index (χ1v) is 4.82. The van der Waals surface area contributed by atoms with Crippen LogP contribution in [0, 0.1) is 5.41 Å². The maximum atomic E-state index is 10.2. The van der Waals surface area contributed by atoms with Gasteiger partial charge in [0.25, 0.3) is 0 Å². The van der Waals surface area contributed by atoms with Crippen molar-refractivity contribution < 1.29 is 9.53 Å². The fraction of sp³-hybridized carbons (Fsp3) is 0.875. The predicted molar refractivity (Wildman–Crippen MR) is 52.3 cm³/mol. The Morgan fingerprint density at radius 3 is 2.42 bits per heavy atom. The van der Waals surface area contributed by atoms with Gasteiger partial charge in [-0.3, -0.25) is 0 Å². The number of alkyl halides is 1. The predicted octanol–water partition coefficient (Wildman–Crippen LogP) is 2.28. The molecule has 0 aromatic heterocycles. The molecule has 3 nitrogen and oxygen atoms in total. The molecule has 72 valence electrons. The van der Waals surface area contributed by atoms with Gasteiger partial charge in [-0.25, -0.2) is 4.79 Å². The second-order valence-corrected chi connectivity index (χ2v) is 4.90.